The van der Waals surface area contributed by atoms with Gasteiger partial charge in [0.05, 0.1) is 24.2 Å². The van der Waals surface area contributed by atoms with Gasteiger partial charge in [0.1, 0.15) is 21.8 Å². The van der Waals surface area contributed by atoms with Gasteiger partial charge >= 0.3 is 0 Å². The maximum atomic E-state index is 14.5. The van der Waals surface area contributed by atoms with Gasteiger partial charge in [-0.1, -0.05) is 67.1 Å². The Balaban J connectivity index is 1.26. The van der Waals surface area contributed by atoms with Gasteiger partial charge in [-0.2, -0.15) is 0 Å². The number of nitrogens with one attached hydrogen (secondary N) is 1. The number of halogens is 1. The minimum atomic E-state index is -3.63. The first-order chi connectivity index (χ1) is 25.0. The van der Waals surface area contributed by atoms with Crippen molar-refractivity contribution in [3.8, 4) is 5.75 Å². The van der Waals surface area contributed by atoms with Gasteiger partial charge in [0, 0.05) is 42.6 Å². The zero-order chi connectivity index (χ0) is 36.5. The first kappa shape index (κ1) is 36.6. The number of nitrogens with zero attached hydrogens (tertiary/aromatic N) is 2. The van der Waals surface area contributed by atoms with Crippen molar-refractivity contribution in [3.05, 3.63) is 106 Å². The van der Waals surface area contributed by atoms with Gasteiger partial charge < -0.3 is 19.5 Å². The van der Waals surface area contributed by atoms with Crippen molar-refractivity contribution in [1.29, 1.82) is 0 Å². The number of hydrogen-bond donors (Lipinski definition) is 2. The molecule has 2 N–H and O–H groups in total. The molecule has 1 fully saturated rings. The Bertz CT molecular complexity index is 1960. The van der Waals surface area contributed by atoms with Crippen LogP contribution in [0, 0.1) is 17.8 Å². The van der Waals surface area contributed by atoms with Crippen molar-refractivity contribution < 1.29 is 28.4 Å². The number of aryl methyl sites for hydroxylation is 1. The number of anilines is 1. The Hall–Kier alpha value is -3.70. The van der Waals surface area contributed by atoms with E-state index in [0.717, 1.165) is 54.9 Å². The number of benzene rings is 3. The van der Waals surface area contributed by atoms with Crippen LogP contribution < -0.4 is 14.4 Å². The molecule has 0 radical (unpaired) electrons. The smallest absolute Gasteiger partial charge is 0.286 e. The van der Waals surface area contributed by atoms with Crippen molar-refractivity contribution in [2.75, 3.05) is 37.5 Å². The summed E-state index contributed by atoms with van der Waals surface area (Å²) in [5.41, 5.74) is 4.04. The Morgan fingerprint density at radius 1 is 1.17 bits per heavy atom. The second-order valence-electron chi connectivity index (χ2n) is 15.1. The molecule has 2 aliphatic carbocycles. The lowest BCUT2D eigenvalue weighted by atomic mass is 9.68. The fraction of sp³-hybridized carbons (Fsp3) is 0.463. The van der Waals surface area contributed by atoms with E-state index in [1.165, 1.54) is 11.1 Å². The molecule has 52 heavy (non-hydrogen) atoms. The second-order valence-corrected chi connectivity index (χ2v) is 17.6. The van der Waals surface area contributed by atoms with Gasteiger partial charge in [-0.05, 0) is 103 Å². The summed E-state index contributed by atoms with van der Waals surface area (Å²) < 4.78 is 33.9. The molecule has 1 unspecified atom stereocenters. The second kappa shape index (κ2) is 15.3. The molecule has 2 amide bonds. The minimum Gasteiger partial charge on any atom is -0.490 e. The van der Waals surface area contributed by atoms with Crippen LogP contribution in [0.15, 0.2) is 83.2 Å². The molecule has 9 nitrogen and oxygen atoms in total. The first-order valence-electron chi connectivity index (χ1n) is 18.4. The monoisotopic (exact) mass is 745 g/mol. The van der Waals surface area contributed by atoms with Crippen LogP contribution in [0.25, 0.3) is 0 Å². The fourth-order valence-corrected chi connectivity index (χ4v) is 10.7. The van der Waals surface area contributed by atoms with Crippen molar-refractivity contribution >= 4 is 39.0 Å². The molecule has 2 heterocycles. The number of aliphatic hydroxyl groups excluding tert-OH is 1. The van der Waals surface area contributed by atoms with Crippen molar-refractivity contribution in [3.63, 3.8) is 0 Å². The summed E-state index contributed by atoms with van der Waals surface area (Å²) >= 11 is 6.45. The summed E-state index contributed by atoms with van der Waals surface area (Å²) in [5, 5.41) is 11.5. The number of carbonyl (C=O) groups excluding carboxylic acids is 2. The highest BCUT2D eigenvalue weighted by Gasteiger charge is 2.44. The largest absolute Gasteiger partial charge is 0.490 e. The molecule has 4 aliphatic rings. The lowest BCUT2D eigenvalue weighted by Gasteiger charge is -2.46. The third-order valence-electron chi connectivity index (χ3n) is 11.3. The number of fused-ring (bicyclic) bond motifs is 4. The zero-order valence-electron chi connectivity index (χ0n) is 29.8. The molecular formula is C41H48ClN3O6S. The van der Waals surface area contributed by atoms with Crippen LogP contribution >= 0.6 is 11.6 Å². The Morgan fingerprint density at radius 3 is 2.77 bits per heavy atom. The average molecular weight is 746 g/mol. The predicted molar refractivity (Wildman–Crippen MR) is 204 cm³/mol. The van der Waals surface area contributed by atoms with E-state index in [4.69, 9.17) is 21.1 Å². The Morgan fingerprint density at radius 2 is 2.00 bits per heavy atom. The van der Waals surface area contributed by atoms with Gasteiger partial charge in [0.2, 0.25) is 0 Å². The molecular weight excluding hydrogens is 698 g/mol. The van der Waals surface area contributed by atoms with E-state index in [9.17, 15) is 18.9 Å². The number of ether oxygens (including phenoxy) is 2. The molecule has 0 saturated heterocycles. The highest BCUT2D eigenvalue weighted by molar-refractivity contribution is 7.92. The van der Waals surface area contributed by atoms with Crippen LogP contribution in [0.2, 0.25) is 5.02 Å². The van der Waals surface area contributed by atoms with Gasteiger partial charge in [-0.15, -0.1) is 4.36 Å². The van der Waals surface area contributed by atoms with E-state index in [1.807, 2.05) is 43.3 Å². The summed E-state index contributed by atoms with van der Waals surface area (Å²) in [6.07, 6.45) is 8.26. The van der Waals surface area contributed by atoms with Crippen LogP contribution in [-0.2, 0) is 37.7 Å². The normalized spacial score (nSPS) is 30.0. The van der Waals surface area contributed by atoms with Gasteiger partial charge in [0.15, 0.2) is 0 Å². The number of methoxy groups -OCH3 is 1. The summed E-state index contributed by atoms with van der Waals surface area (Å²) in [6, 6.07) is 20.6. The molecule has 1 spiro atoms. The van der Waals surface area contributed by atoms with Crippen LogP contribution in [0.4, 0.5) is 5.69 Å². The summed E-state index contributed by atoms with van der Waals surface area (Å²) in [5.74, 6) is -0.424. The molecule has 1 saturated carbocycles. The third kappa shape index (κ3) is 7.81. The topological polar surface area (TPSA) is 118 Å². The van der Waals surface area contributed by atoms with Crippen LogP contribution in [-0.4, -0.2) is 65.9 Å². The van der Waals surface area contributed by atoms with Crippen LogP contribution in [0.3, 0.4) is 0 Å². The minimum absolute atomic E-state index is 0.0364. The molecule has 3 aromatic rings. The quantitative estimate of drug-likeness (QED) is 0.280. The molecule has 3 aromatic carbocycles. The molecule has 276 valence electrons. The van der Waals surface area contributed by atoms with E-state index in [1.54, 1.807) is 31.4 Å². The molecule has 7 atom stereocenters. The van der Waals surface area contributed by atoms with Crippen LogP contribution in [0.1, 0.15) is 66.1 Å². The number of rotatable bonds is 5. The highest BCUT2D eigenvalue weighted by atomic mass is 35.5. The molecule has 2 bridgehead atoms. The lowest BCUT2D eigenvalue weighted by Crippen LogP contribution is -2.49. The van der Waals surface area contributed by atoms with E-state index in [-0.39, 0.29) is 35.2 Å². The van der Waals surface area contributed by atoms with E-state index >= 15 is 0 Å². The Labute approximate surface area is 312 Å². The maximum Gasteiger partial charge on any atom is 0.286 e. The number of allylic oxidation sites excluding steroid dienone is 1. The number of aliphatic hydroxyl groups is 1. The summed E-state index contributed by atoms with van der Waals surface area (Å²) in [4.78, 5) is 29.6. The fourth-order valence-electron chi connectivity index (χ4n) is 8.52. The van der Waals surface area contributed by atoms with Crippen molar-refractivity contribution in [2.24, 2.45) is 22.1 Å². The number of amides is 2. The lowest BCUT2D eigenvalue weighted by molar-refractivity contribution is -0.127. The van der Waals surface area contributed by atoms with Gasteiger partial charge in [-0.25, -0.2) is 4.21 Å². The van der Waals surface area contributed by atoms with E-state index in [0.29, 0.717) is 37.2 Å². The van der Waals surface area contributed by atoms with Gasteiger partial charge in [-0.3, -0.25) is 14.3 Å². The predicted octanol–water partition coefficient (Wildman–Crippen LogP) is 6.69. The molecule has 11 heteroatoms. The SMILES string of the molecule is CO[C@H]1/C=C/C[C@H](C)CS(=O)(NC(=O)[C@@H](O)Cc2ccccc2)=NC(=O)c2ccc3c(c2)N(C[C@@H]2CC[C@H]21)C[C@@]1(CCCc2cc(Cl)ccc21)CO3. The average Bonchev–Trinajstić information content (AvgIpc) is 3.26. The standard InChI is InChI=1S/C41H48ClN3O6S/c1-27-8-6-12-37(50-2)33-16-13-31(33)23-45-25-41(19-7-11-29-21-32(42)15-17-34(29)41)26-51-38-18-14-30(22-35(38)45)39(47)43-52(49,24-27)44-40(48)36(46)20-28-9-4-3-5-10-28/h3-6,9-10,12,14-15,17-18,21-22,27,31,33,36-37,46H,7-8,11,13,16,19-20,23-26H2,1-2H3,(H,43,44,47,48,49)/b12-6+/t27-,31-,33+,36-,37-,41-,52?/m0/s1. The maximum absolute atomic E-state index is 14.5. The van der Waals surface area contributed by atoms with Crippen molar-refractivity contribution in [2.45, 2.75) is 69.5 Å². The Kier molecular flexibility index (Phi) is 10.8. The van der Waals surface area contributed by atoms with Crippen molar-refractivity contribution in [1.82, 2.24) is 4.72 Å². The van der Waals surface area contributed by atoms with E-state index < -0.39 is 27.8 Å². The molecule has 0 aromatic heterocycles. The summed E-state index contributed by atoms with van der Waals surface area (Å²) in [6.45, 7) is 3.86. The van der Waals surface area contributed by atoms with E-state index in [2.05, 4.69) is 32.2 Å². The molecule has 7 rings (SSSR count). The number of hydrogen-bond acceptors (Lipinski definition) is 7. The first-order valence-corrected chi connectivity index (χ1v) is 20.4. The summed E-state index contributed by atoms with van der Waals surface area (Å²) in [7, 11) is -1.88. The third-order valence-corrected chi connectivity index (χ3v) is 13.6. The number of carbonyl (C=O) groups is 2. The highest BCUT2D eigenvalue weighted by Crippen LogP contribution is 2.47. The molecule has 2 aliphatic heterocycles. The van der Waals surface area contributed by atoms with Gasteiger partial charge in [0.25, 0.3) is 11.8 Å². The van der Waals surface area contributed by atoms with Crippen LogP contribution in [0.5, 0.6) is 5.75 Å². The zero-order valence-corrected chi connectivity index (χ0v) is 31.4.